The molecule has 0 saturated carbocycles. The Morgan fingerprint density at radius 3 is 1.04 bits per heavy atom. The van der Waals surface area contributed by atoms with Crippen LogP contribution in [0.15, 0.2) is 72.9 Å². The van der Waals surface area contributed by atoms with Gasteiger partial charge < -0.3 is 14.2 Å². The zero-order valence-corrected chi connectivity index (χ0v) is 46.8. The van der Waals surface area contributed by atoms with Crippen molar-refractivity contribution in [3.8, 4) is 0 Å². The van der Waals surface area contributed by atoms with E-state index in [1.807, 2.05) is 0 Å². The summed E-state index contributed by atoms with van der Waals surface area (Å²) in [6, 6.07) is 0. The Morgan fingerprint density at radius 2 is 0.643 bits per heavy atom. The van der Waals surface area contributed by atoms with E-state index in [-0.39, 0.29) is 25.2 Å². The van der Waals surface area contributed by atoms with Gasteiger partial charge in [-0.05, 0) is 109 Å². The first-order valence-electron chi connectivity index (χ1n) is 30.5. The maximum Gasteiger partial charge on any atom is 0.306 e. The van der Waals surface area contributed by atoms with Crippen LogP contribution >= 0.6 is 0 Å². The average Bonchev–Trinajstić information content (AvgIpc) is 3.36. The summed E-state index contributed by atoms with van der Waals surface area (Å²) in [4.78, 5) is 25.6. The number of hydrogen-bond acceptors (Lipinski definition) is 5. The molecule has 5 nitrogen and oxygen atoms in total. The van der Waals surface area contributed by atoms with Crippen molar-refractivity contribution in [1.29, 1.82) is 0 Å². The standard InChI is InChI=1S/C65H116O5/c1-4-7-10-13-16-19-22-25-28-31-33-35-37-40-43-46-49-52-55-58-64(66)69-62-63(61-68-60-57-54-51-48-45-42-39-30-27-24-21-18-15-12-9-6-3)70-65(67)59-56-53-50-47-44-41-38-36-34-32-29-26-23-20-17-14-11-8-5-2/h9,12,18,21,25-30,42,45,63H,4-8,10-11,13-17,19-20,22-24,31-41,43-44,46-62H2,1-3H3/b12-9-,21-18-,28-25-,29-26-,30-27-,45-42-. The van der Waals surface area contributed by atoms with Gasteiger partial charge >= 0.3 is 11.9 Å². The number of ether oxygens (including phenoxy) is 3. The first kappa shape index (κ1) is 67.3. The Hall–Kier alpha value is -2.66. The Bertz CT molecular complexity index is 1240. The Kier molecular flexibility index (Phi) is 58.3. The Morgan fingerprint density at radius 1 is 0.329 bits per heavy atom. The van der Waals surface area contributed by atoms with Crippen LogP contribution in [0.5, 0.6) is 0 Å². The van der Waals surface area contributed by atoms with Crippen molar-refractivity contribution >= 4 is 11.9 Å². The predicted octanol–water partition coefficient (Wildman–Crippen LogP) is 21.0. The van der Waals surface area contributed by atoms with Crippen LogP contribution in [-0.4, -0.2) is 37.9 Å². The van der Waals surface area contributed by atoms with E-state index in [1.165, 1.54) is 193 Å². The van der Waals surface area contributed by atoms with E-state index in [9.17, 15) is 9.59 Å². The van der Waals surface area contributed by atoms with Crippen LogP contribution in [0.25, 0.3) is 0 Å². The highest BCUT2D eigenvalue weighted by Crippen LogP contribution is 2.16. The van der Waals surface area contributed by atoms with Gasteiger partial charge in [0.1, 0.15) is 6.61 Å². The highest BCUT2D eigenvalue weighted by atomic mass is 16.6. The van der Waals surface area contributed by atoms with Crippen LogP contribution in [0, 0.1) is 0 Å². The SMILES string of the molecule is CC/C=C\C/C=C\C/C=C\C/C=C\CCCCCOCC(COC(=O)CCCCCCCCCCC/C=C\CCCCCCCC)OC(=O)CCCCCCCCCCC/C=C\CCCCCCCC. The summed E-state index contributed by atoms with van der Waals surface area (Å²) in [6.07, 6.45) is 79.3. The highest BCUT2D eigenvalue weighted by molar-refractivity contribution is 5.70. The first-order valence-corrected chi connectivity index (χ1v) is 30.5. The number of rotatable bonds is 56. The van der Waals surface area contributed by atoms with Gasteiger partial charge in [0.2, 0.25) is 0 Å². The van der Waals surface area contributed by atoms with Gasteiger partial charge in [-0.25, -0.2) is 0 Å². The molecule has 0 aromatic heterocycles. The molecule has 0 aromatic carbocycles. The van der Waals surface area contributed by atoms with E-state index in [0.29, 0.717) is 19.4 Å². The summed E-state index contributed by atoms with van der Waals surface area (Å²) in [7, 11) is 0. The quantitative estimate of drug-likeness (QED) is 0.0345. The van der Waals surface area contributed by atoms with Gasteiger partial charge in [-0.3, -0.25) is 9.59 Å². The summed E-state index contributed by atoms with van der Waals surface area (Å²) in [5.41, 5.74) is 0. The van der Waals surface area contributed by atoms with E-state index in [1.54, 1.807) is 0 Å². The smallest absolute Gasteiger partial charge is 0.306 e. The summed E-state index contributed by atoms with van der Waals surface area (Å²) >= 11 is 0. The van der Waals surface area contributed by atoms with Crippen LogP contribution in [0.2, 0.25) is 0 Å². The van der Waals surface area contributed by atoms with Crippen molar-refractivity contribution in [2.45, 2.75) is 309 Å². The average molecular weight is 978 g/mol. The molecule has 5 heteroatoms. The fourth-order valence-corrected chi connectivity index (χ4v) is 8.67. The first-order chi connectivity index (χ1) is 34.6. The highest BCUT2D eigenvalue weighted by Gasteiger charge is 2.17. The summed E-state index contributed by atoms with van der Waals surface area (Å²) in [6.45, 7) is 7.67. The van der Waals surface area contributed by atoms with E-state index in [4.69, 9.17) is 14.2 Å². The second-order valence-electron chi connectivity index (χ2n) is 20.2. The van der Waals surface area contributed by atoms with Gasteiger partial charge in [0, 0.05) is 19.4 Å². The molecule has 0 aliphatic carbocycles. The van der Waals surface area contributed by atoms with Crippen molar-refractivity contribution in [2.75, 3.05) is 19.8 Å². The lowest BCUT2D eigenvalue weighted by Gasteiger charge is -2.18. The lowest BCUT2D eigenvalue weighted by molar-refractivity contribution is -0.163. The van der Waals surface area contributed by atoms with Gasteiger partial charge in [-0.2, -0.15) is 0 Å². The van der Waals surface area contributed by atoms with Gasteiger partial charge in [-0.15, -0.1) is 0 Å². The Labute approximate surface area is 436 Å². The van der Waals surface area contributed by atoms with Gasteiger partial charge in [0.15, 0.2) is 6.10 Å². The van der Waals surface area contributed by atoms with Gasteiger partial charge in [-0.1, -0.05) is 254 Å². The van der Waals surface area contributed by atoms with E-state index >= 15 is 0 Å². The van der Waals surface area contributed by atoms with Crippen LogP contribution in [0.4, 0.5) is 0 Å². The molecule has 0 N–H and O–H groups in total. The lowest BCUT2D eigenvalue weighted by atomic mass is 10.1. The van der Waals surface area contributed by atoms with Gasteiger partial charge in [0.25, 0.3) is 0 Å². The molecular formula is C65H116O5. The van der Waals surface area contributed by atoms with Crippen LogP contribution in [0.3, 0.4) is 0 Å². The van der Waals surface area contributed by atoms with Crippen molar-refractivity contribution in [3.05, 3.63) is 72.9 Å². The zero-order chi connectivity index (χ0) is 50.6. The molecule has 0 radical (unpaired) electrons. The third kappa shape index (κ3) is 57.9. The van der Waals surface area contributed by atoms with Crippen LogP contribution in [0.1, 0.15) is 303 Å². The van der Waals surface area contributed by atoms with Crippen LogP contribution in [-0.2, 0) is 23.8 Å². The summed E-state index contributed by atoms with van der Waals surface area (Å²) in [5, 5.41) is 0. The minimum absolute atomic E-state index is 0.0702. The minimum atomic E-state index is -0.558. The number of esters is 2. The third-order valence-corrected chi connectivity index (χ3v) is 13.2. The zero-order valence-electron chi connectivity index (χ0n) is 46.8. The molecule has 0 spiro atoms. The molecule has 0 amide bonds. The molecule has 406 valence electrons. The van der Waals surface area contributed by atoms with E-state index < -0.39 is 6.10 Å². The maximum atomic E-state index is 12.9. The van der Waals surface area contributed by atoms with Crippen molar-refractivity contribution in [1.82, 2.24) is 0 Å². The molecule has 0 aliphatic rings. The molecule has 1 unspecified atom stereocenters. The van der Waals surface area contributed by atoms with Gasteiger partial charge in [0.05, 0.1) is 6.61 Å². The van der Waals surface area contributed by atoms with E-state index in [2.05, 4.69) is 93.7 Å². The predicted molar refractivity (Wildman–Crippen MR) is 307 cm³/mol. The third-order valence-electron chi connectivity index (χ3n) is 13.2. The van der Waals surface area contributed by atoms with Crippen molar-refractivity contribution in [3.63, 3.8) is 0 Å². The molecule has 70 heavy (non-hydrogen) atoms. The topological polar surface area (TPSA) is 61.8 Å². The lowest BCUT2D eigenvalue weighted by Crippen LogP contribution is -2.30. The second-order valence-corrected chi connectivity index (χ2v) is 20.2. The Balaban J connectivity index is 4.30. The largest absolute Gasteiger partial charge is 0.462 e. The number of hydrogen-bond donors (Lipinski definition) is 0. The maximum absolute atomic E-state index is 12.9. The number of unbranched alkanes of at least 4 members (excludes halogenated alkanes) is 33. The van der Waals surface area contributed by atoms with Crippen LogP contribution < -0.4 is 0 Å². The number of carbonyl (C=O) groups excluding carboxylic acids is 2. The minimum Gasteiger partial charge on any atom is -0.462 e. The summed E-state index contributed by atoms with van der Waals surface area (Å²) < 4.78 is 17.5. The van der Waals surface area contributed by atoms with Crippen molar-refractivity contribution < 1.29 is 23.8 Å². The molecule has 1 atom stereocenters. The normalized spacial score (nSPS) is 12.7. The molecule has 0 rings (SSSR count). The monoisotopic (exact) mass is 977 g/mol. The fraction of sp³-hybridized carbons (Fsp3) is 0.785. The number of allylic oxidation sites excluding steroid dienone is 12. The summed E-state index contributed by atoms with van der Waals surface area (Å²) in [5.74, 6) is -0.409. The van der Waals surface area contributed by atoms with E-state index in [0.717, 1.165) is 77.0 Å². The molecule has 0 heterocycles. The van der Waals surface area contributed by atoms with Crippen molar-refractivity contribution in [2.24, 2.45) is 0 Å². The molecular weight excluding hydrogens is 861 g/mol. The fourth-order valence-electron chi connectivity index (χ4n) is 8.67. The molecule has 0 aromatic rings. The molecule has 0 aliphatic heterocycles. The number of carbonyl (C=O) groups is 2. The molecule has 0 fully saturated rings. The second kappa shape index (κ2) is 60.6. The molecule has 0 saturated heterocycles. The molecule has 0 bridgehead atoms.